The van der Waals surface area contributed by atoms with Crippen molar-refractivity contribution in [3.8, 4) is 0 Å². The van der Waals surface area contributed by atoms with Crippen molar-refractivity contribution in [2.24, 2.45) is 17.6 Å². The minimum absolute atomic E-state index is 0.0168. The van der Waals surface area contributed by atoms with Gasteiger partial charge in [-0.25, -0.2) is 4.79 Å². The van der Waals surface area contributed by atoms with Crippen molar-refractivity contribution in [3.63, 3.8) is 0 Å². The van der Waals surface area contributed by atoms with Gasteiger partial charge in [-0.3, -0.25) is 4.79 Å². The maximum atomic E-state index is 12.0. The second-order valence-corrected chi connectivity index (χ2v) is 5.11. The van der Waals surface area contributed by atoms with E-state index in [9.17, 15) is 9.59 Å². The van der Waals surface area contributed by atoms with Gasteiger partial charge in [-0.05, 0) is 36.7 Å². The second kappa shape index (κ2) is 6.38. The number of urea groups is 1. The molecule has 1 aromatic carbocycles. The molecule has 0 aromatic heterocycles. The number of carbonyl (C=O) groups is 2. The predicted molar refractivity (Wildman–Crippen MR) is 77.0 cm³/mol. The number of anilines is 1. The van der Waals surface area contributed by atoms with Crippen LogP contribution in [0.2, 0.25) is 0 Å². The molecule has 1 heterocycles. The Morgan fingerprint density at radius 3 is 2.80 bits per heavy atom. The Morgan fingerprint density at radius 2 is 2.20 bits per heavy atom. The van der Waals surface area contributed by atoms with Crippen molar-refractivity contribution < 1.29 is 9.59 Å². The number of rotatable bonds is 5. The standard InChI is InChI=1S/C14H20N4O2/c1-9(11-7-16-8-11)13(19)17-6-10-3-2-4-12(5-10)18-14(15)20/h2-5,9,11,16H,6-8H2,1H3,(H,17,19)(H3,15,18,20). The van der Waals surface area contributed by atoms with Gasteiger partial charge in [-0.15, -0.1) is 0 Å². The second-order valence-electron chi connectivity index (χ2n) is 5.11. The van der Waals surface area contributed by atoms with Crippen LogP contribution < -0.4 is 21.7 Å². The van der Waals surface area contributed by atoms with Crippen LogP contribution in [0.5, 0.6) is 0 Å². The average molecular weight is 276 g/mol. The first-order valence-corrected chi connectivity index (χ1v) is 6.70. The highest BCUT2D eigenvalue weighted by Crippen LogP contribution is 2.16. The van der Waals surface area contributed by atoms with Gasteiger partial charge in [-0.2, -0.15) is 0 Å². The smallest absolute Gasteiger partial charge is 0.316 e. The topological polar surface area (TPSA) is 96.2 Å². The molecule has 1 atom stereocenters. The average Bonchev–Trinajstić information content (AvgIpc) is 2.33. The molecule has 1 aromatic rings. The monoisotopic (exact) mass is 276 g/mol. The summed E-state index contributed by atoms with van der Waals surface area (Å²) in [5.74, 6) is 0.505. The lowest BCUT2D eigenvalue weighted by atomic mass is 9.88. The molecule has 1 aliphatic heterocycles. The van der Waals surface area contributed by atoms with Crippen LogP contribution in [0, 0.1) is 11.8 Å². The number of hydrogen-bond acceptors (Lipinski definition) is 3. The quantitative estimate of drug-likeness (QED) is 0.635. The van der Waals surface area contributed by atoms with Gasteiger partial charge < -0.3 is 21.7 Å². The molecule has 0 spiro atoms. The van der Waals surface area contributed by atoms with E-state index in [0.29, 0.717) is 18.2 Å². The number of amides is 3. The molecule has 3 amide bonds. The summed E-state index contributed by atoms with van der Waals surface area (Å²) in [5, 5.41) is 8.59. The summed E-state index contributed by atoms with van der Waals surface area (Å²) in [6.07, 6.45) is 0. The first kappa shape index (κ1) is 14.3. The normalized spacial score (nSPS) is 16.1. The fourth-order valence-corrected chi connectivity index (χ4v) is 2.13. The van der Waals surface area contributed by atoms with E-state index >= 15 is 0 Å². The summed E-state index contributed by atoms with van der Waals surface area (Å²) in [6, 6.07) is 6.64. The lowest BCUT2D eigenvalue weighted by Crippen LogP contribution is -2.49. The highest BCUT2D eigenvalue weighted by Gasteiger charge is 2.28. The van der Waals surface area contributed by atoms with Crippen LogP contribution >= 0.6 is 0 Å². The zero-order chi connectivity index (χ0) is 14.5. The number of primary amides is 1. The van der Waals surface area contributed by atoms with Gasteiger partial charge in [0.1, 0.15) is 0 Å². The fourth-order valence-electron chi connectivity index (χ4n) is 2.13. The summed E-state index contributed by atoms with van der Waals surface area (Å²) in [5.41, 5.74) is 6.61. The van der Waals surface area contributed by atoms with Gasteiger partial charge in [0, 0.05) is 18.2 Å². The van der Waals surface area contributed by atoms with Gasteiger partial charge in [0.25, 0.3) is 0 Å². The zero-order valence-electron chi connectivity index (χ0n) is 11.5. The lowest BCUT2D eigenvalue weighted by molar-refractivity contribution is -0.126. The first-order valence-electron chi connectivity index (χ1n) is 6.70. The third-order valence-corrected chi connectivity index (χ3v) is 3.59. The van der Waals surface area contributed by atoms with Crippen molar-refractivity contribution >= 4 is 17.6 Å². The Bertz CT molecular complexity index is 500. The summed E-state index contributed by atoms with van der Waals surface area (Å²) < 4.78 is 0. The molecule has 1 unspecified atom stereocenters. The third-order valence-electron chi connectivity index (χ3n) is 3.59. The number of benzene rings is 1. The van der Waals surface area contributed by atoms with Gasteiger partial charge in [0.2, 0.25) is 5.91 Å². The molecule has 1 saturated heterocycles. The van der Waals surface area contributed by atoms with E-state index in [0.717, 1.165) is 18.7 Å². The summed E-state index contributed by atoms with van der Waals surface area (Å²) in [6.45, 7) is 4.21. The zero-order valence-corrected chi connectivity index (χ0v) is 11.5. The van der Waals surface area contributed by atoms with Crippen molar-refractivity contribution in [1.82, 2.24) is 10.6 Å². The number of nitrogens with two attached hydrogens (primary N) is 1. The lowest BCUT2D eigenvalue weighted by Gasteiger charge is -2.31. The first-order chi connectivity index (χ1) is 9.56. The Hall–Kier alpha value is -2.08. The molecule has 0 saturated carbocycles. The molecule has 6 heteroatoms. The molecule has 1 fully saturated rings. The summed E-state index contributed by atoms with van der Waals surface area (Å²) in [4.78, 5) is 22.8. The molecule has 0 radical (unpaired) electrons. The molecule has 108 valence electrons. The number of hydrogen-bond donors (Lipinski definition) is 4. The molecule has 20 heavy (non-hydrogen) atoms. The third kappa shape index (κ3) is 3.71. The maximum absolute atomic E-state index is 12.0. The minimum atomic E-state index is -0.600. The van der Waals surface area contributed by atoms with Crippen LogP contribution in [-0.4, -0.2) is 25.0 Å². The van der Waals surface area contributed by atoms with Crippen molar-refractivity contribution in [3.05, 3.63) is 29.8 Å². The Morgan fingerprint density at radius 1 is 1.45 bits per heavy atom. The molecule has 5 N–H and O–H groups in total. The highest BCUT2D eigenvalue weighted by atomic mass is 16.2. The molecule has 2 rings (SSSR count). The largest absolute Gasteiger partial charge is 0.352 e. The fraction of sp³-hybridized carbons (Fsp3) is 0.429. The van der Waals surface area contributed by atoms with Gasteiger partial charge >= 0.3 is 6.03 Å². The van der Waals surface area contributed by atoms with Gasteiger partial charge in [-0.1, -0.05) is 19.1 Å². The van der Waals surface area contributed by atoms with Crippen LogP contribution in [0.1, 0.15) is 12.5 Å². The molecule has 1 aliphatic rings. The van der Waals surface area contributed by atoms with Crippen LogP contribution in [0.15, 0.2) is 24.3 Å². The van der Waals surface area contributed by atoms with Crippen LogP contribution in [-0.2, 0) is 11.3 Å². The molecule has 0 bridgehead atoms. The SMILES string of the molecule is CC(C(=O)NCc1cccc(NC(N)=O)c1)C1CNC1. The van der Waals surface area contributed by atoms with Crippen LogP contribution in [0.4, 0.5) is 10.5 Å². The van der Waals surface area contributed by atoms with E-state index in [1.165, 1.54) is 0 Å². The summed E-state index contributed by atoms with van der Waals surface area (Å²) >= 11 is 0. The molecule has 0 aliphatic carbocycles. The molecule has 6 nitrogen and oxygen atoms in total. The molecular weight excluding hydrogens is 256 g/mol. The van der Waals surface area contributed by atoms with E-state index in [1.54, 1.807) is 12.1 Å². The molecular formula is C14H20N4O2. The maximum Gasteiger partial charge on any atom is 0.316 e. The van der Waals surface area contributed by atoms with E-state index in [2.05, 4.69) is 16.0 Å². The van der Waals surface area contributed by atoms with E-state index < -0.39 is 6.03 Å². The van der Waals surface area contributed by atoms with Gasteiger partial charge in [0.15, 0.2) is 0 Å². The number of nitrogens with one attached hydrogen (secondary N) is 3. The Kier molecular flexibility index (Phi) is 4.57. The van der Waals surface area contributed by atoms with E-state index in [4.69, 9.17) is 5.73 Å². The van der Waals surface area contributed by atoms with Crippen LogP contribution in [0.3, 0.4) is 0 Å². The minimum Gasteiger partial charge on any atom is -0.352 e. The van der Waals surface area contributed by atoms with Gasteiger partial charge in [0.05, 0.1) is 0 Å². The predicted octanol–water partition coefficient (Wildman–Crippen LogP) is 0.649. The van der Waals surface area contributed by atoms with E-state index in [-0.39, 0.29) is 11.8 Å². The van der Waals surface area contributed by atoms with Crippen molar-refractivity contribution in [2.75, 3.05) is 18.4 Å². The Labute approximate surface area is 118 Å². The van der Waals surface area contributed by atoms with E-state index in [1.807, 2.05) is 19.1 Å². The van der Waals surface area contributed by atoms with Crippen LogP contribution in [0.25, 0.3) is 0 Å². The van der Waals surface area contributed by atoms with Crippen molar-refractivity contribution in [1.29, 1.82) is 0 Å². The Balaban J connectivity index is 1.86. The number of carbonyl (C=O) groups excluding carboxylic acids is 2. The summed E-state index contributed by atoms with van der Waals surface area (Å²) in [7, 11) is 0. The van der Waals surface area contributed by atoms with Crippen molar-refractivity contribution in [2.45, 2.75) is 13.5 Å². The highest BCUT2D eigenvalue weighted by molar-refractivity contribution is 5.87.